The molecule has 0 aliphatic carbocycles. The van der Waals surface area contributed by atoms with Crippen LogP contribution in [0.1, 0.15) is 26.3 Å². The Hall–Kier alpha value is -2.37. The second kappa shape index (κ2) is 7.59. The van der Waals surface area contributed by atoms with E-state index in [1.54, 1.807) is 43.5 Å². The Morgan fingerprint density at radius 1 is 1.00 bits per heavy atom. The van der Waals surface area contributed by atoms with Gasteiger partial charge in [0.05, 0.1) is 6.61 Å². The molecule has 2 aromatic carbocycles. The predicted molar refractivity (Wildman–Crippen MR) is 83.5 cm³/mol. The quantitative estimate of drug-likeness (QED) is 0.851. The lowest BCUT2D eigenvalue weighted by Gasteiger charge is -2.08. The van der Waals surface area contributed by atoms with Crippen LogP contribution in [0.4, 0.5) is 0 Å². The molecule has 0 saturated carbocycles. The van der Waals surface area contributed by atoms with Gasteiger partial charge in [0.1, 0.15) is 0 Å². The van der Waals surface area contributed by atoms with Crippen molar-refractivity contribution in [1.82, 2.24) is 10.9 Å². The van der Waals surface area contributed by atoms with Gasteiger partial charge in [0.25, 0.3) is 11.8 Å². The van der Waals surface area contributed by atoms with Gasteiger partial charge in [0, 0.05) is 23.3 Å². The van der Waals surface area contributed by atoms with Crippen molar-refractivity contribution >= 4 is 23.4 Å². The highest BCUT2D eigenvalue weighted by atomic mass is 35.5. The molecule has 0 aliphatic rings. The van der Waals surface area contributed by atoms with E-state index in [-0.39, 0.29) is 0 Å². The maximum atomic E-state index is 12.0. The number of rotatable bonds is 4. The van der Waals surface area contributed by atoms with Crippen molar-refractivity contribution in [2.45, 2.75) is 6.61 Å². The number of hydrazine groups is 1. The normalized spacial score (nSPS) is 10.1. The highest BCUT2D eigenvalue weighted by Crippen LogP contribution is 2.10. The van der Waals surface area contributed by atoms with Crippen molar-refractivity contribution in [3.05, 3.63) is 70.2 Å². The summed E-state index contributed by atoms with van der Waals surface area (Å²) in [6, 6.07) is 13.4. The number of methoxy groups -OCH3 is 1. The van der Waals surface area contributed by atoms with E-state index >= 15 is 0 Å². The number of ether oxygens (including phenoxy) is 1. The fraction of sp³-hybridized carbons (Fsp3) is 0.125. The smallest absolute Gasteiger partial charge is 0.269 e. The van der Waals surface area contributed by atoms with Gasteiger partial charge in [-0.2, -0.15) is 0 Å². The van der Waals surface area contributed by atoms with Gasteiger partial charge in [0.15, 0.2) is 0 Å². The molecule has 0 atom stereocenters. The molecule has 0 heterocycles. The van der Waals surface area contributed by atoms with E-state index in [0.717, 1.165) is 5.56 Å². The van der Waals surface area contributed by atoms with Crippen LogP contribution in [0.25, 0.3) is 0 Å². The number of carbonyl (C=O) groups is 2. The van der Waals surface area contributed by atoms with Crippen molar-refractivity contribution in [1.29, 1.82) is 0 Å². The molecule has 0 fully saturated rings. The Bertz CT molecular complexity index is 689. The van der Waals surface area contributed by atoms with Crippen LogP contribution in [0.5, 0.6) is 0 Å². The standard InChI is InChI=1S/C16H15ClN2O3/c1-22-10-11-4-2-5-12(8-11)15(20)18-19-16(21)13-6-3-7-14(17)9-13/h2-9H,10H2,1H3,(H,18,20)(H,19,21). The van der Waals surface area contributed by atoms with E-state index in [0.29, 0.717) is 22.8 Å². The molecule has 5 nitrogen and oxygen atoms in total. The largest absolute Gasteiger partial charge is 0.380 e. The molecule has 0 saturated heterocycles. The van der Waals surface area contributed by atoms with Crippen molar-refractivity contribution in [2.75, 3.05) is 7.11 Å². The lowest BCUT2D eigenvalue weighted by molar-refractivity contribution is 0.0846. The minimum Gasteiger partial charge on any atom is -0.380 e. The van der Waals surface area contributed by atoms with Crippen LogP contribution in [-0.4, -0.2) is 18.9 Å². The number of hydrogen-bond acceptors (Lipinski definition) is 3. The summed E-state index contributed by atoms with van der Waals surface area (Å²) in [6.45, 7) is 0.413. The molecule has 2 N–H and O–H groups in total. The monoisotopic (exact) mass is 318 g/mol. The summed E-state index contributed by atoms with van der Waals surface area (Å²) in [6.07, 6.45) is 0. The molecular weight excluding hydrogens is 304 g/mol. The minimum atomic E-state index is -0.441. The van der Waals surface area contributed by atoms with Crippen LogP contribution < -0.4 is 10.9 Å². The van der Waals surface area contributed by atoms with Crippen LogP contribution >= 0.6 is 11.6 Å². The molecule has 0 aromatic heterocycles. The number of benzene rings is 2. The Morgan fingerprint density at radius 3 is 2.18 bits per heavy atom. The Balaban J connectivity index is 1.97. The van der Waals surface area contributed by atoms with E-state index in [1.165, 1.54) is 6.07 Å². The average Bonchev–Trinajstić information content (AvgIpc) is 2.53. The molecule has 2 amide bonds. The molecule has 6 heteroatoms. The summed E-state index contributed by atoms with van der Waals surface area (Å²) in [5.41, 5.74) is 6.38. The number of amides is 2. The predicted octanol–water partition coefficient (Wildman–Crippen LogP) is 2.56. The van der Waals surface area contributed by atoms with Gasteiger partial charge in [-0.05, 0) is 35.9 Å². The van der Waals surface area contributed by atoms with Crippen LogP contribution in [-0.2, 0) is 11.3 Å². The first-order valence-electron chi connectivity index (χ1n) is 6.54. The third-order valence-corrected chi connectivity index (χ3v) is 3.11. The summed E-state index contributed by atoms with van der Waals surface area (Å²) < 4.78 is 5.02. The summed E-state index contributed by atoms with van der Waals surface area (Å²) in [7, 11) is 1.58. The van der Waals surface area contributed by atoms with Crippen LogP contribution in [0.15, 0.2) is 48.5 Å². The molecule has 2 aromatic rings. The van der Waals surface area contributed by atoms with Crippen molar-refractivity contribution < 1.29 is 14.3 Å². The van der Waals surface area contributed by atoms with E-state index in [1.807, 2.05) is 6.07 Å². The maximum absolute atomic E-state index is 12.0. The number of nitrogens with one attached hydrogen (secondary N) is 2. The van der Waals surface area contributed by atoms with Crippen LogP contribution in [0.3, 0.4) is 0 Å². The zero-order valence-electron chi connectivity index (χ0n) is 11.9. The number of halogens is 1. The zero-order valence-corrected chi connectivity index (χ0v) is 12.7. The molecule has 0 bridgehead atoms. The average molecular weight is 319 g/mol. The van der Waals surface area contributed by atoms with Crippen molar-refractivity contribution in [3.63, 3.8) is 0 Å². The van der Waals surface area contributed by atoms with Crippen molar-refractivity contribution in [3.8, 4) is 0 Å². The molecule has 0 spiro atoms. The second-order valence-electron chi connectivity index (χ2n) is 4.55. The fourth-order valence-corrected chi connectivity index (χ4v) is 2.05. The van der Waals surface area contributed by atoms with Crippen LogP contribution in [0, 0.1) is 0 Å². The molecule has 0 aliphatic heterocycles. The van der Waals surface area contributed by atoms with Gasteiger partial charge in [-0.1, -0.05) is 29.8 Å². The number of carbonyl (C=O) groups excluding carboxylic acids is 2. The summed E-state index contributed by atoms with van der Waals surface area (Å²) in [4.78, 5) is 23.9. The lowest BCUT2D eigenvalue weighted by Crippen LogP contribution is -2.41. The zero-order chi connectivity index (χ0) is 15.9. The molecule has 22 heavy (non-hydrogen) atoms. The van der Waals surface area contributed by atoms with Gasteiger partial charge in [-0.25, -0.2) is 0 Å². The minimum absolute atomic E-state index is 0.362. The Labute approximate surface area is 133 Å². The molecule has 114 valence electrons. The second-order valence-corrected chi connectivity index (χ2v) is 4.99. The van der Waals surface area contributed by atoms with Gasteiger partial charge in [0.2, 0.25) is 0 Å². The van der Waals surface area contributed by atoms with E-state index in [9.17, 15) is 9.59 Å². The van der Waals surface area contributed by atoms with Crippen molar-refractivity contribution in [2.24, 2.45) is 0 Å². The van der Waals surface area contributed by atoms with Gasteiger partial charge in [-0.15, -0.1) is 0 Å². The first-order chi connectivity index (χ1) is 10.6. The van der Waals surface area contributed by atoms with Gasteiger partial charge in [-0.3, -0.25) is 20.4 Å². The summed E-state index contributed by atoms with van der Waals surface area (Å²) >= 11 is 5.82. The highest BCUT2D eigenvalue weighted by Gasteiger charge is 2.09. The van der Waals surface area contributed by atoms with Crippen LogP contribution in [0.2, 0.25) is 5.02 Å². The number of hydrogen-bond donors (Lipinski definition) is 2. The van der Waals surface area contributed by atoms with E-state index in [4.69, 9.17) is 16.3 Å². The van der Waals surface area contributed by atoms with Gasteiger partial charge >= 0.3 is 0 Å². The highest BCUT2D eigenvalue weighted by molar-refractivity contribution is 6.30. The first-order valence-corrected chi connectivity index (χ1v) is 6.92. The first kappa shape index (κ1) is 16.0. The molecule has 2 rings (SSSR count). The lowest BCUT2D eigenvalue weighted by atomic mass is 10.1. The maximum Gasteiger partial charge on any atom is 0.269 e. The van der Waals surface area contributed by atoms with E-state index < -0.39 is 11.8 Å². The van der Waals surface area contributed by atoms with E-state index in [2.05, 4.69) is 10.9 Å². The topological polar surface area (TPSA) is 67.4 Å². The molecule has 0 radical (unpaired) electrons. The molecular formula is C16H15ClN2O3. The SMILES string of the molecule is COCc1cccc(C(=O)NNC(=O)c2cccc(Cl)c2)c1. The Morgan fingerprint density at radius 2 is 1.59 bits per heavy atom. The summed E-state index contributed by atoms with van der Waals surface area (Å²) in [5, 5.41) is 0.450. The third kappa shape index (κ3) is 4.31. The fourth-order valence-electron chi connectivity index (χ4n) is 1.86. The molecule has 0 unspecified atom stereocenters. The summed E-state index contributed by atoms with van der Waals surface area (Å²) in [5.74, 6) is -0.850. The Kier molecular flexibility index (Phi) is 5.52. The third-order valence-electron chi connectivity index (χ3n) is 2.88. The van der Waals surface area contributed by atoms with Gasteiger partial charge < -0.3 is 4.74 Å².